The van der Waals surface area contributed by atoms with Gasteiger partial charge in [-0.2, -0.15) is 0 Å². The highest BCUT2D eigenvalue weighted by atomic mass is 16.4. The molecule has 0 bridgehead atoms. The third-order valence-electron chi connectivity index (χ3n) is 3.09. The number of benzene rings is 1. The molecule has 1 heterocycles. The second kappa shape index (κ2) is 5.52. The van der Waals surface area contributed by atoms with E-state index < -0.39 is 6.09 Å². The molecule has 0 spiro atoms. The smallest absolute Gasteiger partial charge is 0.411 e. The molecule has 1 aromatic heterocycles. The Kier molecular flexibility index (Phi) is 3.80. The molecule has 2 aromatic rings. The zero-order valence-corrected chi connectivity index (χ0v) is 11.0. The largest absolute Gasteiger partial charge is 0.465 e. The minimum absolute atomic E-state index is 0.560. The fraction of sp³-hybridized carbons (Fsp3) is 0.200. The molecule has 19 heavy (non-hydrogen) atoms. The van der Waals surface area contributed by atoms with Crippen LogP contribution in [-0.4, -0.2) is 23.2 Å². The van der Waals surface area contributed by atoms with Gasteiger partial charge in [-0.25, -0.2) is 4.79 Å². The molecule has 4 nitrogen and oxygen atoms in total. The minimum atomic E-state index is -1.000. The number of carbonyl (C=O) groups is 1. The van der Waals surface area contributed by atoms with Crippen LogP contribution in [0.2, 0.25) is 0 Å². The van der Waals surface area contributed by atoms with Crippen molar-refractivity contribution in [2.75, 3.05) is 11.9 Å². The molecule has 1 aromatic carbocycles. The lowest BCUT2D eigenvalue weighted by atomic mass is 10.0. The van der Waals surface area contributed by atoms with Crippen molar-refractivity contribution in [2.24, 2.45) is 0 Å². The third kappa shape index (κ3) is 2.91. The molecule has 1 amide bonds. The summed E-state index contributed by atoms with van der Waals surface area (Å²) in [5.41, 5.74) is 3.78. The van der Waals surface area contributed by atoms with Gasteiger partial charge in [-0.3, -0.25) is 9.88 Å². The summed E-state index contributed by atoms with van der Waals surface area (Å²) in [4.78, 5) is 16.2. The Labute approximate surface area is 112 Å². The second-order valence-electron chi connectivity index (χ2n) is 4.32. The standard InChI is InChI=1S/C15H16N2O2/c1-3-11-4-6-12(7-5-11)13-8-14(10-16-9-13)17(2)15(18)19/h4-10H,3H2,1-2H3,(H,18,19). The van der Waals surface area contributed by atoms with E-state index in [0.717, 1.165) is 22.4 Å². The number of aromatic nitrogens is 1. The number of rotatable bonds is 3. The van der Waals surface area contributed by atoms with Crippen molar-refractivity contribution >= 4 is 11.8 Å². The average Bonchev–Trinajstić information content (AvgIpc) is 2.46. The highest BCUT2D eigenvalue weighted by molar-refractivity contribution is 5.86. The zero-order chi connectivity index (χ0) is 13.8. The van der Waals surface area contributed by atoms with Crippen LogP contribution in [0, 0.1) is 0 Å². The molecule has 0 radical (unpaired) electrons. The lowest BCUT2D eigenvalue weighted by Crippen LogP contribution is -2.23. The van der Waals surface area contributed by atoms with E-state index in [0.29, 0.717) is 5.69 Å². The summed E-state index contributed by atoms with van der Waals surface area (Å²) in [6.07, 6.45) is 3.28. The van der Waals surface area contributed by atoms with Crippen LogP contribution in [0.1, 0.15) is 12.5 Å². The molecule has 4 heteroatoms. The van der Waals surface area contributed by atoms with E-state index in [-0.39, 0.29) is 0 Å². The molecule has 0 aliphatic rings. The lowest BCUT2D eigenvalue weighted by molar-refractivity contribution is 0.203. The summed E-state index contributed by atoms with van der Waals surface area (Å²) in [5.74, 6) is 0. The minimum Gasteiger partial charge on any atom is -0.465 e. The summed E-state index contributed by atoms with van der Waals surface area (Å²) in [6, 6.07) is 10.0. The van der Waals surface area contributed by atoms with E-state index in [4.69, 9.17) is 5.11 Å². The molecule has 0 aliphatic carbocycles. The van der Waals surface area contributed by atoms with Crippen LogP contribution in [0.3, 0.4) is 0 Å². The first-order valence-electron chi connectivity index (χ1n) is 6.13. The first-order chi connectivity index (χ1) is 9.11. The van der Waals surface area contributed by atoms with Gasteiger partial charge in [0.05, 0.1) is 11.9 Å². The SMILES string of the molecule is CCc1ccc(-c2cncc(N(C)C(=O)O)c2)cc1. The molecule has 0 atom stereocenters. The number of hydrogen-bond donors (Lipinski definition) is 1. The van der Waals surface area contributed by atoms with E-state index in [9.17, 15) is 4.79 Å². The highest BCUT2D eigenvalue weighted by Gasteiger charge is 2.09. The molecule has 0 saturated heterocycles. The van der Waals surface area contributed by atoms with Gasteiger partial charge in [-0.15, -0.1) is 0 Å². The lowest BCUT2D eigenvalue weighted by Gasteiger charge is -2.13. The Morgan fingerprint density at radius 2 is 1.89 bits per heavy atom. The van der Waals surface area contributed by atoms with Gasteiger partial charge in [0.25, 0.3) is 0 Å². The molecule has 0 saturated carbocycles. The molecule has 1 N–H and O–H groups in total. The summed E-state index contributed by atoms with van der Waals surface area (Å²) in [7, 11) is 1.50. The third-order valence-corrected chi connectivity index (χ3v) is 3.09. The fourth-order valence-corrected chi connectivity index (χ4v) is 1.81. The molecular weight excluding hydrogens is 240 g/mol. The van der Waals surface area contributed by atoms with Gasteiger partial charge in [0.2, 0.25) is 0 Å². The number of hydrogen-bond acceptors (Lipinski definition) is 2. The maximum atomic E-state index is 10.9. The van der Waals surface area contributed by atoms with Crippen LogP contribution in [0.15, 0.2) is 42.7 Å². The fourth-order valence-electron chi connectivity index (χ4n) is 1.81. The normalized spacial score (nSPS) is 10.2. The van der Waals surface area contributed by atoms with Gasteiger partial charge < -0.3 is 5.11 Å². The number of amides is 1. The molecule has 0 fully saturated rings. The average molecular weight is 256 g/mol. The molecule has 2 rings (SSSR count). The van der Waals surface area contributed by atoms with E-state index in [2.05, 4.69) is 24.0 Å². The van der Waals surface area contributed by atoms with Gasteiger partial charge in [-0.1, -0.05) is 31.2 Å². The van der Waals surface area contributed by atoms with E-state index >= 15 is 0 Å². The van der Waals surface area contributed by atoms with Gasteiger partial charge in [0.15, 0.2) is 0 Å². The maximum Gasteiger partial charge on any atom is 0.411 e. The van der Waals surface area contributed by atoms with Crippen molar-refractivity contribution in [1.29, 1.82) is 0 Å². The summed E-state index contributed by atoms with van der Waals surface area (Å²) in [6.45, 7) is 2.11. The zero-order valence-electron chi connectivity index (χ0n) is 11.0. The highest BCUT2D eigenvalue weighted by Crippen LogP contribution is 2.23. The van der Waals surface area contributed by atoms with Crippen LogP contribution in [0.4, 0.5) is 10.5 Å². The second-order valence-corrected chi connectivity index (χ2v) is 4.32. The van der Waals surface area contributed by atoms with Gasteiger partial charge >= 0.3 is 6.09 Å². The van der Waals surface area contributed by atoms with Crippen molar-refractivity contribution in [2.45, 2.75) is 13.3 Å². The molecule has 0 aliphatic heterocycles. The summed E-state index contributed by atoms with van der Waals surface area (Å²) in [5, 5.41) is 8.96. The number of anilines is 1. The Morgan fingerprint density at radius 3 is 2.47 bits per heavy atom. The molecule has 0 unspecified atom stereocenters. The number of carboxylic acid groups (broad SMARTS) is 1. The molecular formula is C15H16N2O2. The monoisotopic (exact) mass is 256 g/mol. The topological polar surface area (TPSA) is 53.4 Å². The van der Waals surface area contributed by atoms with Crippen LogP contribution < -0.4 is 4.90 Å². The Balaban J connectivity index is 2.34. The van der Waals surface area contributed by atoms with Crippen molar-refractivity contribution in [3.05, 3.63) is 48.3 Å². The van der Waals surface area contributed by atoms with Gasteiger partial charge in [0.1, 0.15) is 0 Å². The first kappa shape index (κ1) is 13.1. The predicted molar refractivity (Wildman–Crippen MR) is 75.5 cm³/mol. The van der Waals surface area contributed by atoms with E-state index in [1.807, 2.05) is 18.2 Å². The van der Waals surface area contributed by atoms with Gasteiger partial charge in [0, 0.05) is 18.8 Å². The van der Waals surface area contributed by atoms with Crippen LogP contribution in [0.5, 0.6) is 0 Å². The Bertz CT molecular complexity index is 579. The van der Waals surface area contributed by atoms with Crippen LogP contribution in [-0.2, 0) is 6.42 Å². The van der Waals surface area contributed by atoms with Crippen LogP contribution >= 0.6 is 0 Å². The summed E-state index contributed by atoms with van der Waals surface area (Å²) >= 11 is 0. The number of pyridine rings is 1. The van der Waals surface area contributed by atoms with Crippen molar-refractivity contribution in [3.63, 3.8) is 0 Å². The quantitative estimate of drug-likeness (QED) is 0.915. The van der Waals surface area contributed by atoms with E-state index in [1.165, 1.54) is 18.8 Å². The predicted octanol–water partition coefficient (Wildman–Crippen LogP) is 3.43. The van der Waals surface area contributed by atoms with E-state index in [1.54, 1.807) is 6.20 Å². The summed E-state index contributed by atoms with van der Waals surface area (Å²) < 4.78 is 0. The maximum absolute atomic E-state index is 10.9. The Morgan fingerprint density at radius 1 is 1.21 bits per heavy atom. The van der Waals surface area contributed by atoms with Gasteiger partial charge in [-0.05, 0) is 23.6 Å². The van der Waals surface area contributed by atoms with Crippen molar-refractivity contribution < 1.29 is 9.90 Å². The Hall–Kier alpha value is -2.36. The molecule has 98 valence electrons. The first-order valence-corrected chi connectivity index (χ1v) is 6.13. The van der Waals surface area contributed by atoms with Crippen LogP contribution in [0.25, 0.3) is 11.1 Å². The number of nitrogens with zero attached hydrogens (tertiary/aromatic N) is 2. The van der Waals surface area contributed by atoms with Crippen molar-refractivity contribution in [1.82, 2.24) is 4.98 Å². The number of aryl methyl sites for hydroxylation is 1. The van der Waals surface area contributed by atoms with Crippen molar-refractivity contribution in [3.8, 4) is 11.1 Å².